The molecule has 1 aliphatic rings. The van der Waals surface area contributed by atoms with E-state index in [4.69, 9.17) is 10.5 Å². The van der Waals surface area contributed by atoms with Crippen LogP contribution in [0.1, 0.15) is 30.8 Å². The van der Waals surface area contributed by atoms with E-state index in [1.807, 2.05) is 0 Å². The Morgan fingerprint density at radius 1 is 1.69 bits per heavy atom. The quantitative estimate of drug-likeness (QED) is 0.728. The second kappa shape index (κ2) is 3.12. The van der Waals surface area contributed by atoms with Gasteiger partial charge < -0.3 is 15.5 Å². The summed E-state index contributed by atoms with van der Waals surface area (Å²) in [6, 6.07) is 0. The number of ether oxygens (including phenoxy) is 1. The fourth-order valence-electron chi connectivity index (χ4n) is 1.73. The van der Waals surface area contributed by atoms with Crippen LogP contribution in [-0.2, 0) is 16.9 Å². The highest BCUT2D eigenvalue weighted by Gasteiger charge is 2.41. The predicted molar refractivity (Wildman–Crippen MR) is 49.0 cm³/mol. The normalized spacial score (nSPS) is 19.8. The average Bonchev–Trinajstić information content (AvgIpc) is 2.52. The van der Waals surface area contributed by atoms with E-state index in [1.54, 1.807) is 13.3 Å². The molecule has 1 aromatic heterocycles. The lowest BCUT2D eigenvalue weighted by Gasteiger charge is -2.38. The van der Waals surface area contributed by atoms with Gasteiger partial charge in [-0.1, -0.05) is 0 Å². The van der Waals surface area contributed by atoms with Crippen LogP contribution in [0.15, 0.2) is 6.20 Å². The van der Waals surface area contributed by atoms with Gasteiger partial charge in [0.05, 0.1) is 0 Å². The number of nitrogens with one attached hydrogen (secondary N) is 1. The van der Waals surface area contributed by atoms with Crippen LogP contribution >= 0.6 is 0 Å². The Bertz CT molecular complexity index is 285. The second-order valence-corrected chi connectivity index (χ2v) is 3.51. The number of hydrogen-bond donors (Lipinski definition) is 2. The highest BCUT2D eigenvalue weighted by atomic mass is 16.5. The predicted octanol–water partition coefficient (Wildman–Crippen LogP) is 0.894. The molecule has 13 heavy (non-hydrogen) atoms. The molecule has 1 aromatic rings. The summed E-state index contributed by atoms with van der Waals surface area (Å²) in [4.78, 5) is 7.49. The molecule has 0 spiro atoms. The van der Waals surface area contributed by atoms with Crippen molar-refractivity contribution in [3.8, 4) is 0 Å². The molecular weight excluding hydrogens is 166 g/mol. The first-order chi connectivity index (χ1) is 6.30. The molecule has 1 aliphatic carbocycles. The average molecular weight is 181 g/mol. The molecule has 0 bridgehead atoms. The number of imidazole rings is 1. The number of nitrogens with zero attached hydrogens (tertiary/aromatic N) is 1. The van der Waals surface area contributed by atoms with Crippen molar-refractivity contribution in [1.29, 1.82) is 0 Å². The maximum absolute atomic E-state index is 5.50. The molecule has 0 radical (unpaired) electrons. The molecule has 1 fully saturated rings. The van der Waals surface area contributed by atoms with Crippen LogP contribution < -0.4 is 5.73 Å². The smallest absolute Gasteiger partial charge is 0.138 e. The van der Waals surface area contributed by atoms with Crippen molar-refractivity contribution in [3.05, 3.63) is 17.7 Å². The Balaban J connectivity index is 2.23. The molecule has 4 nitrogen and oxygen atoms in total. The van der Waals surface area contributed by atoms with Gasteiger partial charge in [0.1, 0.15) is 11.4 Å². The van der Waals surface area contributed by atoms with Crippen LogP contribution in [0.25, 0.3) is 0 Å². The zero-order valence-electron chi connectivity index (χ0n) is 7.84. The standard InChI is InChI=1S/C9H15N3O/c1-13-9(3-2-4-9)8-11-6-7(5-10)12-8/h6H,2-5,10H2,1H3,(H,11,12). The third-order valence-electron chi connectivity index (χ3n) is 2.83. The summed E-state index contributed by atoms with van der Waals surface area (Å²) in [7, 11) is 1.74. The van der Waals surface area contributed by atoms with Gasteiger partial charge in [0.2, 0.25) is 0 Å². The minimum Gasteiger partial charge on any atom is -0.370 e. The molecule has 1 heterocycles. The molecule has 1 saturated carbocycles. The lowest BCUT2D eigenvalue weighted by molar-refractivity contribution is -0.0841. The Morgan fingerprint density at radius 2 is 2.46 bits per heavy atom. The van der Waals surface area contributed by atoms with Crippen LogP contribution in [-0.4, -0.2) is 17.1 Å². The molecule has 4 heteroatoms. The summed E-state index contributed by atoms with van der Waals surface area (Å²) in [6.45, 7) is 0.507. The van der Waals surface area contributed by atoms with Gasteiger partial charge in [0, 0.05) is 25.5 Å². The van der Waals surface area contributed by atoms with E-state index in [9.17, 15) is 0 Å². The molecule has 0 aromatic carbocycles. The Labute approximate surface area is 77.5 Å². The minimum absolute atomic E-state index is 0.145. The van der Waals surface area contributed by atoms with E-state index < -0.39 is 0 Å². The molecule has 0 amide bonds. The first kappa shape index (κ1) is 8.72. The van der Waals surface area contributed by atoms with Crippen molar-refractivity contribution < 1.29 is 4.74 Å². The molecule has 0 atom stereocenters. The summed E-state index contributed by atoms with van der Waals surface area (Å²) >= 11 is 0. The Morgan fingerprint density at radius 3 is 2.85 bits per heavy atom. The van der Waals surface area contributed by atoms with Crippen LogP contribution in [0.4, 0.5) is 0 Å². The van der Waals surface area contributed by atoms with E-state index in [-0.39, 0.29) is 5.60 Å². The first-order valence-corrected chi connectivity index (χ1v) is 4.60. The maximum Gasteiger partial charge on any atom is 0.138 e. The topological polar surface area (TPSA) is 63.9 Å². The monoisotopic (exact) mass is 181 g/mol. The summed E-state index contributed by atoms with van der Waals surface area (Å²) < 4.78 is 5.48. The molecule has 0 unspecified atom stereocenters. The highest BCUT2D eigenvalue weighted by molar-refractivity contribution is 5.12. The van der Waals surface area contributed by atoms with Gasteiger partial charge in [-0.2, -0.15) is 0 Å². The van der Waals surface area contributed by atoms with E-state index in [1.165, 1.54) is 6.42 Å². The molecule has 3 N–H and O–H groups in total. The third-order valence-corrected chi connectivity index (χ3v) is 2.83. The summed E-state index contributed by atoms with van der Waals surface area (Å²) in [5.74, 6) is 0.932. The van der Waals surface area contributed by atoms with E-state index in [0.29, 0.717) is 6.54 Å². The SMILES string of the molecule is COC1(c2ncc(CN)[nH]2)CCC1. The van der Waals surface area contributed by atoms with Crippen molar-refractivity contribution in [3.63, 3.8) is 0 Å². The van der Waals surface area contributed by atoms with Crippen LogP contribution in [0, 0.1) is 0 Å². The first-order valence-electron chi connectivity index (χ1n) is 4.60. The number of methoxy groups -OCH3 is 1. The zero-order chi connectivity index (χ0) is 9.31. The van der Waals surface area contributed by atoms with Gasteiger partial charge in [-0.25, -0.2) is 4.98 Å². The Hall–Kier alpha value is -0.870. The Kier molecular flexibility index (Phi) is 2.09. The van der Waals surface area contributed by atoms with Gasteiger partial charge in [0.25, 0.3) is 0 Å². The fraction of sp³-hybridized carbons (Fsp3) is 0.667. The van der Waals surface area contributed by atoms with Crippen molar-refractivity contribution >= 4 is 0 Å². The number of H-pyrrole nitrogens is 1. The van der Waals surface area contributed by atoms with E-state index in [2.05, 4.69) is 9.97 Å². The lowest BCUT2D eigenvalue weighted by atomic mass is 9.79. The number of rotatable bonds is 3. The van der Waals surface area contributed by atoms with Crippen LogP contribution in [0.2, 0.25) is 0 Å². The van der Waals surface area contributed by atoms with Crippen molar-refractivity contribution in [2.75, 3.05) is 7.11 Å². The van der Waals surface area contributed by atoms with Crippen molar-refractivity contribution in [1.82, 2.24) is 9.97 Å². The second-order valence-electron chi connectivity index (χ2n) is 3.51. The molecule has 0 aliphatic heterocycles. The minimum atomic E-state index is -0.145. The van der Waals surface area contributed by atoms with Crippen molar-refractivity contribution in [2.45, 2.75) is 31.4 Å². The van der Waals surface area contributed by atoms with E-state index in [0.717, 1.165) is 24.4 Å². The van der Waals surface area contributed by atoms with Gasteiger partial charge in [-0.3, -0.25) is 0 Å². The number of hydrogen-bond acceptors (Lipinski definition) is 3. The zero-order valence-corrected chi connectivity index (χ0v) is 7.84. The van der Waals surface area contributed by atoms with Crippen LogP contribution in [0.3, 0.4) is 0 Å². The van der Waals surface area contributed by atoms with E-state index >= 15 is 0 Å². The third kappa shape index (κ3) is 1.26. The highest BCUT2D eigenvalue weighted by Crippen LogP contribution is 2.42. The fourth-order valence-corrected chi connectivity index (χ4v) is 1.73. The molecule has 0 saturated heterocycles. The van der Waals surface area contributed by atoms with Gasteiger partial charge in [-0.05, 0) is 19.3 Å². The molecular formula is C9H15N3O. The number of nitrogens with two attached hydrogens (primary N) is 1. The number of aromatic nitrogens is 2. The van der Waals surface area contributed by atoms with Crippen LogP contribution in [0.5, 0.6) is 0 Å². The summed E-state index contributed by atoms with van der Waals surface area (Å²) in [5, 5.41) is 0. The molecule has 72 valence electrons. The largest absolute Gasteiger partial charge is 0.370 e. The summed E-state index contributed by atoms with van der Waals surface area (Å²) in [5.41, 5.74) is 6.32. The summed E-state index contributed by atoms with van der Waals surface area (Å²) in [6.07, 6.45) is 5.11. The lowest BCUT2D eigenvalue weighted by Crippen LogP contribution is -2.37. The van der Waals surface area contributed by atoms with Gasteiger partial charge in [-0.15, -0.1) is 0 Å². The van der Waals surface area contributed by atoms with Gasteiger partial charge >= 0.3 is 0 Å². The maximum atomic E-state index is 5.50. The van der Waals surface area contributed by atoms with Crippen molar-refractivity contribution in [2.24, 2.45) is 5.73 Å². The molecule has 2 rings (SSSR count). The van der Waals surface area contributed by atoms with Gasteiger partial charge in [0.15, 0.2) is 0 Å². The number of aromatic amines is 1.